The van der Waals surface area contributed by atoms with Crippen LogP contribution < -0.4 is 0 Å². The van der Waals surface area contributed by atoms with E-state index in [2.05, 4.69) is 0 Å². The van der Waals surface area contributed by atoms with Crippen molar-refractivity contribution in [3.8, 4) is 5.69 Å². The molecule has 3 rings (SSSR count). The molecule has 0 aliphatic heterocycles. The van der Waals surface area contributed by atoms with Crippen LogP contribution in [-0.2, 0) is 4.74 Å². The first-order valence-electron chi connectivity index (χ1n) is 7.79. The van der Waals surface area contributed by atoms with E-state index in [1.54, 1.807) is 49.4 Å². The van der Waals surface area contributed by atoms with Crippen LogP contribution in [0.15, 0.2) is 73.1 Å². The number of ketones is 1. The van der Waals surface area contributed by atoms with E-state index in [0.29, 0.717) is 16.1 Å². The normalized spacial score (nSPS) is 11.8. The van der Waals surface area contributed by atoms with Gasteiger partial charge in [-0.2, -0.15) is 0 Å². The summed E-state index contributed by atoms with van der Waals surface area (Å²) in [5, 5.41) is 0.462. The lowest BCUT2D eigenvalue weighted by Gasteiger charge is -2.13. The minimum Gasteiger partial charge on any atom is -0.451 e. The average Bonchev–Trinajstić information content (AvgIpc) is 3.16. The van der Waals surface area contributed by atoms with E-state index in [1.165, 1.54) is 0 Å². The molecule has 0 N–H and O–H groups in total. The van der Waals surface area contributed by atoms with E-state index in [-0.39, 0.29) is 5.78 Å². The van der Waals surface area contributed by atoms with Crippen molar-refractivity contribution < 1.29 is 14.3 Å². The Morgan fingerprint density at radius 1 is 0.960 bits per heavy atom. The van der Waals surface area contributed by atoms with Crippen molar-refractivity contribution in [3.63, 3.8) is 0 Å². The van der Waals surface area contributed by atoms with Crippen LogP contribution in [0.3, 0.4) is 0 Å². The van der Waals surface area contributed by atoms with Gasteiger partial charge < -0.3 is 9.30 Å². The predicted molar refractivity (Wildman–Crippen MR) is 96.4 cm³/mol. The second-order valence-electron chi connectivity index (χ2n) is 5.56. The molecule has 0 fully saturated rings. The number of esters is 1. The number of carbonyl (C=O) groups is 2. The first kappa shape index (κ1) is 17.0. The minimum absolute atomic E-state index is 0.294. The highest BCUT2D eigenvalue weighted by Gasteiger charge is 2.20. The van der Waals surface area contributed by atoms with E-state index < -0.39 is 12.1 Å². The number of aromatic nitrogens is 1. The number of Topliss-reactive ketones (excluding diaryl/α,β-unsaturated/α-hetero) is 1. The third kappa shape index (κ3) is 3.98. The monoisotopic (exact) mass is 353 g/mol. The highest BCUT2D eigenvalue weighted by atomic mass is 35.5. The number of rotatable bonds is 5. The molecule has 0 radical (unpaired) electrons. The topological polar surface area (TPSA) is 48.3 Å². The molecule has 0 bridgehead atoms. The van der Waals surface area contributed by atoms with Crippen LogP contribution in [0.4, 0.5) is 0 Å². The lowest BCUT2D eigenvalue weighted by molar-refractivity contribution is 0.0319. The number of hydrogen-bond acceptors (Lipinski definition) is 3. The number of carbonyl (C=O) groups excluding carboxylic acids is 2. The van der Waals surface area contributed by atoms with Gasteiger partial charge in [-0.3, -0.25) is 4.79 Å². The molecule has 1 unspecified atom stereocenters. The summed E-state index contributed by atoms with van der Waals surface area (Å²) in [5.74, 6) is -0.839. The second kappa shape index (κ2) is 7.36. The van der Waals surface area contributed by atoms with E-state index in [4.69, 9.17) is 16.3 Å². The summed E-state index contributed by atoms with van der Waals surface area (Å²) in [5.41, 5.74) is 1.64. The van der Waals surface area contributed by atoms with Crippen molar-refractivity contribution in [2.24, 2.45) is 0 Å². The number of hydrogen-bond donors (Lipinski definition) is 0. The Kier molecular flexibility index (Phi) is 5.00. The molecule has 0 saturated carbocycles. The van der Waals surface area contributed by atoms with Crippen molar-refractivity contribution in [3.05, 3.63) is 89.2 Å². The number of halogens is 1. The molecule has 0 amide bonds. The number of ether oxygens (including phenoxy) is 1. The molecule has 0 saturated heterocycles. The lowest BCUT2D eigenvalue weighted by Crippen LogP contribution is -2.24. The van der Waals surface area contributed by atoms with Crippen LogP contribution in [0.2, 0.25) is 5.02 Å². The fourth-order valence-electron chi connectivity index (χ4n) is 2.46. The highest BCUT2D eigenvalue weighted by molar-refractivity contribution is 6.31. The molecule has 1 heterocycles. The quantitative estimate of drug-likeness (QED) is 0.499. The maximum absolute atomic E-state index is 12.4. The third-order valence-corrected chi connectivity index (χ3v) is 3.98. The summed E-state index contributed by atoms with van der Waals surface area (Å²) < 4.78 is 7.21. The van der Waals surface area contributed by atoms with E-state index in [0.717, 1.165) is 5.69 Å². The largest absolute Gasteiger partial charge is 0.451 e. The maximum Gasteiger partial charge on any atom is 0.338 e. The average molecular weight is 354 g/mol. The highest BCUT2D eigenvalue weighted by Crippen LogP contribution is 2.16. The molecule has 126 valence electrons. The number of nitrogens with zero attached hydrogens (tertiary/aromatic N) is 1. The van der Waals surface area contributed by atoms with Gasteiger partial charge in [-0.1, -0.05) is 29.8 Å². The van der Waals surface area contributed by atoms with E-state index in [1.807, 2.05) is 35.2 Å². The van der Waals surface area contributed by atoms with Gasteiger partial charge in [-0.15, -0.1) is 0 Å². The molecule has 1 aromatic heterocycles. The summed E-state index contributed by atoms with van der Waals surface area (Å²) >= 11 is 5.90. The summed E-state index contributed by atoms with van der Waals surface area (Å²) in [6, 6.07) is 17.4. The molecule has 0 aliphatic rings. The van der Waals surface area contributed by atoms with Gasteiger partial charge in [0.25, 0.3) is 0 Å². The van der Waals surface area contributed by atoms with Crippen molar-refractivity contribution in [2.75, 3.05) is 0 Å². The molecule has 3 aromatic rings. The fraction of sp³-hybridized carbons (Fsp3) is 0.100. The van der Waals surface area contributed by atoms with Gasteiger partial charge in [0.05, 0.1) is 5.56 Å². The van der Waals surface area contributed by atoms with Crippen LogP contribution in [0.5, 0.6) is 0 Å². The van der Waals surface area contributed by atoms with Gasteiger partial charge in [0.2, 0.25) is 5.78 Å². The Bertz CT molecular complexity index is 903. The van der Waals surface area contributed by atoms with Crippen LogP contribution in [0.1, 0.15) is 27.6 Å². The van der Waals surface area contributed by atoms with Crippen molar-refractivity contribution in [2.45, 2.75) is 13.0 Å². The van der Waals surface area contributed by atoms with Crippen LogP contribution in [0, 0.1) is 0 Å². The Morgan fingerprint density at radius 2 is 1.64 bits per heavy atom. The fourth-order valence-corrected chi connectivity index (χ4v) is 2.65. The molecule has 0 aliphatic carbocycles. The Balaban J connectivity index is 1.73. The van der Waals surface area contributed by atoms with E-state index in [9.17, 15) is 9.59 Å². The van der Waals surface area contributed by atoms with Gasteiger partial charge in [-0.05, 0) is 49.4 Å². The lowest BCUT2D eigenvalue weighted by atomic mass is 10.1. The predicted octanol–water partition coefficient (Wildman–Crippen LogP) is 4.56. The Labute approximate surface area is 150 Å². The summed E-state index contributed by atoms with van der Waals surface area (Å²) in [6.07, 6.45) is 2.87. The molecule has 2 aromatic carbocycles. The molecular weight excluding hydrogens is 338 g/mol. The van der Waals surface area contributed by atoms with Gasteiger partial charge in [-0.25, -0.2) is 4.79 Å². The van der Waals surface area contributed by atoms with Crippen molar-refractivity contribution in [1.82, 2.24) is 4.57 Å². The number of benzene rings is 2. The summed E-state index contributed by atoms with van der Waals surface area (Å²) in [6.45, 7) is 1.55. The zero-order valence-electron chi connectivity index (χ0n) is 13.6. The maximum atomic E-state index is 12.4. The molecule has 4 nitrogen and oxygen atoms in total. The molecule has 1 atom stereocenters. The van der Waals surface area contributed by atoms with E-state index >= 15 is 0 Å². The van der Waals surface area contributed by atoms with Gasteiger partial charge >= 0.3 is 5.97 Å². The SMILES string of the molecule is CC(OC(=O)c1cccc(-n2cccc2)c1)C(=O)c1cccc(Cl)c1. The third-order valence-electron chi connectivity index (χ3n) is 3.75. The van der Waals surface area contributed by atoms with Gasteiger partial charge in [0.1, 0.15) is 0 Å². The zero-order chi connectivity index (χ0) is 17.8. The van der Waals surface area contributed by atoms with Crippen molar-refractivity contribution >= 4 is 23.4 Å². The zero-order valence-corrected chi connectivity index (χ0v) is 14.3. The van der Waals surface area contributed by atoms with Crippen LogP contribution in [-0.4, -0.2) is 22.4 Å². The molecule has 0 spiro atoms. The summed E-state index contributed by atoms with van der Waals surface area (Å²) in [7, 11) is 0. The minimum atomic E-state index is -0.902. The molecular formula is C20H16ClNO3. The Morgan fingerprint density at radius 3 is 2.36 bits per heavy atom. The molecule has 25 heavy (non-hydrogen) atoms. The van der Waals surface area contributed by atoms with Crippen LogP contribution in [0.25, 0.3) is 5.69 Å². The van der Waals surface area contributed by atoms with Gasteiger partial charge in [0, 0.05) is 28.7 Å². The second-order valence-corrected chi connectivity index (χ2v) is 6.00. The van der Waals surface area contributed by atoms with Crippen LogP contribution >= 0.6 is 11.6 Å². The molecule has 5 heteroatoms. The van der Waals surface area contributed by atoms with Crippen molar-refractivity contribution in [1.29, 1.82) is 0 Å². The first-order valence-corrected chi connectivity index (χ1v) is 8.16. The smallest absolute Gasteiger partial charge is 0.338 e. The Hall–Kier alpha value is -2.85. The standard InChI is InChI=1S/C20H16ClNO3/c1-14(19(23)15-6-4-8-17(21)12-15)25-20(24)16-7-5-9-18(13-16)22-10-2-3-11-22/h2-14H,1H3. The van der Waals surface area contributed by atoms with Gasteiger partial charge in [0.15, 0.2) is 6.10 Å². The summed E-state index contributed by atoms with van der Waals surface area (Å²) in [4.78, 5) is 24.7. The first-order chi connectivity index (χ1) is 12.0.